The number of ether oxygens (including phenoxy) is 1. The van der Waals surface area contributed by atoms with Gasteiger partial charge in [0, 0.05) is 23.5 Å². The fourth-order valence-electron chi connectivity index (χ4n) is 2.73. The number of halogens is 1. The van der Waals surface area contributed by atoms with Gasteiger partial charge in [0.15, 0.2) is 5.78 Å². The summed E-state index contributed by atoms with van der Waals surface area (Å²) in [5, 5.41) is 3.31. The number of alkyl halides is 1. The molecule has 1 aliphatic rings. The van der Waals surface area contributed by atoms with Gasteiger partial charge < -0.3 is 15.0 Å². The van der Waals surface area contributed by atoms with E-state index in [1.54, 1.807) is 4.90 Å². The molecule has 5 nitrogen and oxygen atoms in total. The number of rotatable bonds is 7. The van der Waals surface area contributed by atoms with Crippen LogP contribution in [0.25, 0.3) is 0 Å². The Morgan fingerprint density at radius 2 is 1.77 bits per heavy atom. The van der Waals surface area contributed by atoms with Crippen molar-refractivity contribution in [2.75, 3.05) is 18.5 Å². The summed E-state index contributed by atoms with van der Waals surface area (Å²) in [5.41, 5.74) is 3.62. The number of Topliss-reactive ketones (excluding diaryl/α,β-unsaturated/α-hetero) is 1. The Balaban J connectivity index is 1.60. The molecule has 136 valence electrons. The first-order valence-corrected chi connectivity index (χ1v) is 9.54. The Hall–Kier alpha value is -2.34. The molecule has 0 saturated carbocycles. The first-order chi connectivity index (χ1) is 12.6. The van der Waals surface area contributed by atoms with Crippen LogP contribution in [-0.2, 0) is 11.3 Å². The van der Waals surface area contributed by atoms with Crippen molar-refractivity contribution in [3.05, 3.63) is 59.7 Å². The van der Waals surface area contributed by atoms with E-state index < -0.39 is 0 Å². The molecule has 2 aromatic carbocycles. The molecule has 0 bridgehead atoms. The maximum atomic E-state index is 12.1. The average Bonchev–Trinajstić information content (AvgIpc) is 3.07. The van der Waals surface area contributed by atoms with Crippen LogP contribution in [0, 0.1) is 0 Å². The summed E-state index contributed by atoms with van der Waals surface area (Å²) in [7, 11) is 0. The topological polar surface area (TPSA) is 58.6 Å². The minimum atomic E-state index is -0.254. The Morgan fingerprint density at radius 3 is 2.31 bits per heavy atom. The van der Waals surface area contributed by atoms with Crippen LogP contribution in [0.1, 0.15) is 29.3 Å². The Bertz CT molecular complexity index is 775. The van der Waals surface area contributed by atoms with Crippen LogP contribution in [0.15, 0.2) is 48.5 Å². The second-order valence-corrected chi connectivity index (χ2v) is 7.28. The quantitative estimate of drug-likeness (QED) is 0.522. The molecule has 2 aromatic rings. The average molecular weight is 417 g/mol. The molecule has 3 rings (SSSR count). The predicted molar refractivity (Wildman–Crippen MR) is 105 cm³/mol. The predicted octanol–water partition coefficient (Wildman–Crippen LogP) is 4.74. The van der Waals surface area contributed by atoms with E-state index in [4.69, 9.17) is 4.74 Å². The Labute approximate surface area is 161 Å². The summed E-state index contributed by atoms with van der Waals surface area (Å²) in [6.45, 7) is 3.63. The van der Waals surface area contributed by atoms with E-state index in [9.17, 15) is 9.59 Å². The van der Waals surface area contributed by atoms with Crippen molar-refractivity contribution in [2.24, 2.45) is 0 Å². The van der Waals surface area contributed by atoms with Crippen molar-refractivity contribution in [2.45, 2.75) is 24.7 Å². The minimum Gasteiger partial charge on any atom is -0.448 e. The molecule has 1 amide bonds. The van der Waals surface area contributed by atoms with Gasteiger partial charge in [0.25, 0.3) is 0 Å². The summed E-state index contributed by atoms with van der Waals surface area (Å²) in [6.07, 6.45) is 0.510. The van der Waals surface area contributed by atoms with Gasteiger partial charge in [-0.3, -0.25) is 4.79 Å². The zero-order valence-electron chi connectivity index (χ0n) is 14.6. The number of benzene rings is 2. The van der Waals surface area contributed by atoms with Gasteiger partial charge in [-0.2, -0.15) is 0 Å². The zero-order valence-corrected chi connectivity index (χ0v) is 16.2. The number of nitrogens with one attached hydrogen (secondary N) is 1. The molecule has 0 aromatic heterocycles. The van der Waals surface area contributed by atoms with Gasteiger partial charge >= 0.3 is 6.09 Å². The third-order valence-corrected chi connectivity index (χ3v) is 5.34. The highest BCUT2D eigenvalue weighted by Crippen LogP contribution is 2.20. The highest BCUT2D eigenvalue weighted by Gasteiger charge is 2.21. The third-order valence-electron chi connectivity index (χ3n) is 4.27. The van der Waals surface area contributed by atoms with E-state index in [0.717, 1.165) is 23.4 Å². The lowest BCUT2D eigenvalue weighted by atomic mass is 10.1. The van der Waals surface area contributed by atoms with Crippen molar-refractivity contribution in [3.8, 4) is 0 Å². The van der Waals surface area contributed by atoms with Crippen LogP contribution in [0.3, 0.4) is 0 Å². The number of cyclic esters (lactones) is 1. The second-order valence-electron chi connectivity index (χ2n) is 6.18. The van der Waals surface area contributed by atoms with E-state index in [0.29, 0.717) is 25.3 Å². The van der Waals surface area contributed by atoms with Gasteiger partial charge in [0.1, 0.15) is 6.61 Å². The Morgan fingerprint density at radius 1 is 1.15 bits per heavy atom. The first-order valence-electron chi connectivity index (χ1n) is 8.63. The molecule has 1 unspecified atom stereocenters. The number of anilines is 2. The molecule has 1 heterocycles. The van der Waals surface area contributed by atoms with Crippen LogP contribution in [0.4, 0.5) is 16.2 Å². The highest BCUT2D eigenvalue weighted by atomic mass is 79.9. The third kappa shape index (κ3) is 4.43. The molecule has 0 spiro atoms. The van der Waals surface area contributed by atoms with E-state index >= 15 is 0 Å². The van der Waals surface area contributed by atoms with Crippen molar-refractivity contribution >= 4 is 39.2 Å². The summed E-state index contributed by atoms with van der Waals surface area (Å²) < 4.78 is 4.94. The molecule has 1 fully saturated rings. The number of ketones is 1. The van der Waals surface area contributed by atoms with Gasteiger partial charge in [-0.05, 0) is 48.4 Å². The van der Waals surface area contributed by atoms with E-state index in [-0.39, 0.29) is 16.7 Å². The molecule has 0 aliphatic carbocycles. The van der Waals surface area contributed by atoms with Gasteiger partial charge in [0.2, 0.25) is 0 Å². The Kier molecular flexibility index (Phi) is 5.93. The van der Waals surface area contributed by atoms with Crippen molar-refractivity contribution in [1.82, 2.24) is 4.90 Å². The SMILES string of the molecule is CCC(Br)C(=O)c1ccc(Nc2ccc(CN3CCOC3=O)cc2)cc1. The molecule has 0 radical (unpaired) electrons. The molecular formula is C20H21BrN2O3. The number of nitrogens with zero attached hydrogens (tertiary/aromatic N) is 1. The number of carbonyl (C=O) groups excluding carboxylic acids is 2. The molecule has 26 heavy (non-hydrogen) atoms. The van der Waals surface area contributed by atoms with Crippen LogP contribution >= 0.6 is 15.9 Å². The lowest BCUT2D eigenvalue weighted by molar-refractivity contribution is 0.0990. The van der Waals surface area contributed by atoms with Crippen LogP contribution in [0.5, 0.6) is 0 Å². The number of hydrogen-bond donors (Lipinski definition) is 1. The lowest BCUT2D eigenvalue weighted by Gasteiger charge is -2.13. The normalized spacial score (nSPS) is 14.8. The van der Waals surface area contributed by atoms with E-state index in [1.807, 2.05) is 55.5 Å². The molecule has 1 atom stereocenters. The molecule has 6 heteroatoms. The minimum absolute atomic E-state index is 0.101. The smallest absolute Gasteiger partial charge is 0.410 e. The number of amides is 1. The van der Waals surface area contributed by atoms with Crippen LogP contribution in [0.2, 0.25) is 0 Å². The number of hydrogen-bond acceptors (Lipinski definition) is 4. The van der Waals surface area contributed by atoms with Crippen LogP contribution in [-0.4, -0.2) is 34.8 Å². The largest absolute Gasteiger partial charge is 0.448 e. The summed E-state index contributed by atoms with van der Waals surface area (Å²) in [5.74, 6) is 0.101. The summed E-state index contributed by atoms with van der Waals surface area (Å²) >= 11 is 3.40. The van der Waals surface area contributed by atoms with E-state index in [1.165, 1.54) is 0 Å². The van der Waals surface area contributed by atoms with Crippen LogP contribution < -0.4 is 5.32 Å². The monoisotopic (exact) mass is 416 g/mol. The first kappa shape index (κ1) is 18.5. The highest BCUT2D eigenvalue weighted by molar-refractivity contribution is 9.10. The fraction of sp³-hybridized carbons (Fsp3) is 0.300. The molecule has 1 saturated heterocycles. The molecule has 1 aliphatic heterocycles. The van der Waals surface area contributed by atoms with Gasteiger partial charge in [0.05, 0.1) is 11.4 Å². The van der Waals surface area contributed by atoms with Gasteiger partial charge in [-0.25, -0.2) is 4.79 Å². The number of carbonyl (C=O) groups is 2. The second kappa shape index (κ2) is 8.36. The van der Waals surface area contributed by atoms with Crippen molar-refractivity contribution < 1.29 is 14.3 Å². The standard InChI is InChI=1S/C20H21BrN2O3/c1-2-18(21)19(24)15-5-9-17(10-6-15)22-16-7-3-14(4-8-16)13-23-11-12-26-20(23)25/h3-10,18,22H,2,11-13H2,1H3. The van der Waals surface area contributed by atoms with E-state index in [2.05, 4.69) is 21.2 Å². The summed E-state index contributed by atoms with van der Waals surface area (Å²) in [6, 6.07) is 15.4. The summed E-state index contributed by atoms with van der Waals surface area (Å²) in [4.78, 5) is 25.2. The molecular weight excluding hydrogens is 396 g/mol. The van der Waals surface area contributed by atoms with Crippen molar-refractivity contribution in [1.29, 1.82) is 0 Å². The van der Waals surface area contributed by atoms with Gasteiger partial charge in [-0.1, -0.05) is 35.0 Å². The maximum absolute atomic E-state index is 12.1. The lowest BCUT2D eigenvalue weighted by Crippen LogP contribution is -2.23. The van der Waals surface area contributed by atoms with Crippen molar-refractivity contribution in [3.63, 3.8) is 0 Å². The van der Waals surface area contributed by atoms with Gasteiger partial charge in [-0.15, -0.1) is 0 Å². The fourth-order valence-corrected chi connectivity index (χ4v) is 3.00. The maximum Gasteiger partial charge on any atom is 0.410 e. The zero-order chi connectivity index (χ0) is 18.5. The molecule has 1 N–H and O–H groups in total.